The minimum atomic E-state index is 0.208. The van der Waals surface area contributed by atoms with E-state index in [1.54, 1.807) is 32.1 Å². The molecule has 0 aromatic carbocycles. The Morgan fingerprint density at radius 3 is 2.22 bits per heavy atom. The first-order chi connectivity index (χ1) is 8.72. The SMILES string of the molecule is NC1(CCC2C3CC4CC(C3)CC2C4)CCSC1. The molecule has 18 heavy (non-hydrogen) atoms. The third-order valence-electron chi connectivity index (χ3n) is 6.53. The van der Waals surface area contributed by atoms with E-state index in [4.69, 9.17) is 5.73 Å². The van der Waals surface area contributed by atoms with Crippen LogP contribution in [0.5, 0.6) is 0 Å². The molecule has 1 aliphatic heterocycles. The molecule has 5 aliphatic rings. The van der Waals surface area contributed by atoms with Crippen molar-refractivity contribution in [2.45, 2.75) is 56.9 Å². The summed E-state index contributed by atoms with van der Waals surface area (Å²) in [6.07, 6.45) is 11.9. The summed E-state index contributed by atoms with van der Waals surface area (Å²) < 4.78 is 0. The molecule has 102 valence electrons. The van der Waals surface area contributed by atoms with Gasteiger partial charge in [-0.15, -0.1) is 0 Å². The molecule has 0 aromatic heterocycles. The van der Waals surface area contributed by atoms with Gasteiger partial charge in [0.15, 0.2) is 0 Å². The van der Waals surface area contributed by atoms with Crippen molar-refractivity contribution in [2.24, 2.45) is 35.3 Å². The molecule has 4 aliphatic carbocycles. The van der Waals surface area contributed by atoms with Crippen molar-refractivity contribution in [3.05, 3.63) is 0 Å². The Labute approximate surface area is 116 Å². The van der Waals surface area contributed by atoms with Gasteiger partial charge < -0.3 is 5.73 Å². The molecule has 0 spiro atoms. The highest BCUT2D eigenvalue weighted by Crippen LogP contribution is 2.57. The predicted octanol–water partition coefficient (Wildman–Crippen LogP) is 3.67. The number of thioether (sulfide) groups is 1. The zero-order chi connectivity index (χ0) is 12.2. The third kappa shape index (κ3) is 2.04. The maximum Gasteiger partial charge on any atom is 0.0254 e. The van der Waals surface area contributed by atoms with E-state index in [0.29, 0.717) is 0 Å². The quantitative estimate of drug-likeness (QED) is 0.842. The monoisotopic (exact) mass is 265 g/mol. The lowest BCUT2D eigenvalue weighted by Gasteiger charge is -2.55. The van der Waals surface area contributed by atoms with E-state index in [-0.39, 0.29) is 5.54 Å². The minimum Gasteiger partial charge on any atom is -0.324 e. The molecule has 2 heteroatoms. The molecular weight excluding hydrogens is 238 g/mol. The summed E-state index contributed by atoms with van der Waals surface area (Å²) in [5.74, 6) is 8.02. The number of hydrogen-bond acceptors (Lipinski definition) is 2. The van der Waals surface area contributed by atoms with Crippen LogP contribution in [0, 0.1) is 29.6 Å². The summed E-state index contributed by atoms with van der Waals surface area (Å²) in [6, 6.07) is 0. The normalized spacial score (nSPS) is 54.2. The van der Waals surface area contributed by atoms with Crippen LogP contribution in [0.15, 0.2) is 0 Å². The first-order valence-electron chi connectivity index (χ1n) is 8.08. The fraction of sp³-hybridized carbons (Fsp3) is 1.00. The van der Waals surface area contributed by atoms with Crippen LogP contribution in [0.3, 0.4) is 0 Å². The largest absolute Gasteiger partial charge is 0.324 e. The summed E-state index contributed by atoms with van der Waals surface area (Å²) in [7, 11) is 0. The first kappa shape index (κ1) is 12.1. The smallest absolute Gasteiger partial charge is 0.0254 e. The van der Waals surface area contributed by atoms with Gasteiger partial charge in [-0.1, -0.05) is 0 Å². The lowest BCUT2D eigenvalue weighted by molar-refractivity contribution is -0.0418. The molecule has 0 aromatic rings. The number of nitrogens with two attached hydrogens (primary N) is 1. The lowest BCUT2D eigenvalue weighted by atomic mass is 9.51. The summed E-state index contributed by atoms with van der Waals surface area (Å²) >= 11 is 2.07. The Balaban J connectivity index is 1.40. The van der Waals surface area contributed by atoms with Gasteiger partial charge in [0.25, 0.3) is 0 Å². The molecule has 0 radical (unpaired) electrons. The van der Waals surface area contributed by atoms with Gasteiger partial charge in [-0.25, -0.2) is 0 Å². The van der Waals surface area contributed by atoms with Crippen LogP contribution >= 0.6 is 11.8 Å². The molecule has 4 bridgehead atoms. The molecule has 1 saturated heterocycles. The van der Waals surface area contributed by atoms with E-state index in [2.05, 4.69) is 11.8 Å². The van der Waals surface area contributed by atoms with Crippen LogP contribution in [0.25, 0.3) is 0 Å². The molecule has 1 nitrogen and oxygen atoms in total. The van der Waals surface area contributed by atoms with Gasteiger partial charge in [0, 0.05) is 11.3 Å². The molecular formula is C16H27NS. The van der Waals surface area contributed by atoms with E-state index < -0.39 is 0 Å². The van der Waals surface area contributed by atoms with E-state index in [1.807, 2.05) is 0 Å². The highest BCUT2D eigenvalue weighted by Gasteiger charge is 2.48. The molecule has 5 fully saturated rings. The zero-order valence-corrected chi connectivity index (χ0v) is 12.3. The summed E-state index contributed by atoms with van der Waals surface area (Å²) in [6.45, 7) is 0. The van der Waals surface area contributed by atoms with E-state index in [1.165, 1.54) is 30.8 Å². The average Bonchev–Trinajstić information content (AvgIpc) is 2.75. The Kier molecular flexibility index (Phi) is 2.96. The van der Waals surface area contributed by atoms with Gasteiger partial charge >= 0.3 is 0 Å². The molecule has 1 atom stereocenters. The van der Waals surface area contributed by atoms with Gasteiger partial charge in [-0.3, -0.25) is 0 Å². The van der Waals surface area contributed by atoms with Crippen LogP contribution in [0.4, 0.5) is 0 Å². The topological polar surface area (TPSA) is 26.0 Å². The molecule has 1 unspecified atom stereocenters. The van der Waals surface area contributed by atoms with Crippen LogP contribution in [0.2, 0.25) is 0 Å². The van der Waals surface area contributed by atoms with Crippen molar-refractivity contribution < 1.29 is 0 Å². The Morgan fingerprint density at radius 2 is 1.67 bits per heavy atom. The van der Waals surface area contributed by atoms with Crippen molar-refractivity contribution in [1.29, 1.82) is 0 Å². The third-order valence-corrected chi connectivity index (χ3v) is 7.80. The summed E-state index contributed by atoms with van der Waals surface area (Å²) in [4.78, 5) is 0. The fourth-order valence-electron chi connectivity index (χ4n) is 5.78. The van der Waals surface area contributed by atoms with Crippen LogP contribution in [-0.4, -0.2) is 17.0 Å². The molecule has 5 rings (SSSR count). The van der Waals surface area contributed by atoms with Gasteiger partial charge in [0.1, 0.15) is 0 Å². The Bertz CT molecular complexity index is 293. The molecule has 0 amide bonds. The van der Waals surface area contributed by atoms with Crippen LogP contribution < -0.4 is 5.73 Å². The second-order valence-electron chi connectivity index (χ2n) is 7.80. The van der Waals surface area contributed by atoms with Crippen LogP contribution in [0.1, 0.15) is 51.4 Å². The van der Waals surface area contributed by atoms with Crippen molar-refractivity contribution in [3.8, 4) is 0 Å². The van der Waals surface area contributed by atoms with Crippen molar-refractivity contribution in [3.63, 3.8) is 0 Å². The van der Waals surface area contributed by atoms with E-state index in [0.717, 1.165) is 29.6 Å². The fourth-order valence-corrected chi connectivity index (χ4v) is 7.17. The number of rotatable bonds is 3. The van der Waals surface area contributed by atoms with Gasteiger partial charge in [0.05, 0.1) is 0 Å². The average molecular weight is 265 g/mol. The first-order valence-corrected chi connectivity index (χ1v) is 9.24. The lowest BCUT2D eigenvalue weighted by Crippen LogP contribution is -2.47. The predicted molar refractivity (Wildman–Crippen MR) is 78.6 cm³/mol. The Morgan fingerprint density at radius 1 is 1.00 bits per heavy atom. The summed E-state index contributed by atoms with van der Waals surface area (Å²) in [5, 5.41) is 0. The van der Waals surface area contributed by atoms with Gasteiger partial charge in [-0.2, -0.15) is 11.8 Å². The molecule has 2 N–H and O–H groups in total. The van der Waals surface area contributed by atoms with Gasteiger partial charge in [0.2, 0.25) is 0 Å². The van der Waals surface area contributed by atoms with Crippen LogP contribution in [-0.2, 0) is 0 Å². The van der Waals surface area contributed by atoms with Crippen molar-refractivity contribution in [2.75, 3.05) is 11.5 Å². The maximum atomic E-state index is 6.54. The molecule has 4 saturated carbocycles. The van der Waals surface area contributed by atoms with Gasteiger partial charge in [-0.05, 0) is 86.7 Å². The highest BCUT2D eigenvalue weighted by molar-refractivity contribution is 7.99. The minimum absolute atomic E-state index is 0.208. The maximum absolute atomic E-state index is 6.54. The zero-order valence-electron chi connectivity index (χ0n) is 11.4. The van der Waals surface area contributed by atoms with E-state index in [9.17, 15) is 0 Å². The van der Waals surface area contributed by atoms with Crippen molar-refractivity contribution in [1.82, 2.24) is 0 Å². The Hall–Kier alpha value is 0.310. The van der Waals surface area contributed by atoms with E-state index >= 15 is 0 Å². The molecule has 1 heterocycles. The second-order valence-corrected chi connectivity index (χ2v) is 8.90. The van der Waals surface area contributed by atoms with Crippen molar-refractivity contribution >= 4 is 11.8 Å². The number of hydrogen-bond donors (Lipinski definition) is 1. The summed E-state index contributed by atoms with van der Waals surface area (Å²) in [5.41, 5.74) is 6.75. The standard InChI is InChI=1S/C16H27NS/c17-16(3-4-18-10-16)2-1-15-13-6-11-5-12(8-13)9-14(15)7-11/h11-15H,1-10,17H2. The second kappa shape index (κ2) is 4.41. The highest BCUT2D eigenvalue weighted by atomic mass is 32.2.